The van der Waals surface area contributed by atoms with Crippen LogP contribution in [-0.4, -0.2) is 67.4 Å². The molecule has 0 saturated carbocycles. The first-order chi connectivity index (χ1) is 12.0. The van der Waals surface area contributed by atoms with Crippen LogP contribution in [0.5, 0.6) is 0 Å². The van der Waals surface area contributed by atoms with Crippen LogP contribution in [0.2, 0.25) is 0 Å². The van der Waals surface area contributed by atoms with Gasteiger partial charge in [0.2, 0.25) is 0 Å². The number of rotatable bonds is 4. The fourth-order valence-corrected chi connectivity index (χ4v) is 3.26. The molecule has 0 aliphatic carbocycles. The molecule has 0 N–H and O–H groups in total. The Bertz CT molecular complexity index is 765. The van der Waals surface area contributed by atoms with Crippen molar-refractivity contribution in [1.29, 1.82) is 0 Å². The highest BCUT2D eigenvalue weighted by atomic mass is 16.2. The van der Waals surface area contributed by atoms with Crippen LogP contribution in [0.4, 0.5) is 0 Å². The van der Waals surface area contributed by atoms with Gasteiger partial charge in [0.1, 0.15) is 11.4 Å². The zero-order chi connectivity index (χ0) is 18.0. The van der Waals surface area contributed by atoms with Crippen molar-refractivity contribution in [3.63, 3.8) is 0 Å². The number of hydrogen-bond donors (Lipinski definition) is 0. The minimum Gasteiger partial charge on any atom is -0.338 e. The predicted molar refractivity (Wildman–Crippen MR) is 92.1 cm³/mol. The van der Waals surface area contributed by atoms with Gasteiger partial charge in [-0.1, -0.05) is 0 Å². The van der Waals surface area contributed by atoms with Crippen LogP contribution in [0.15, 0.2) is 24.5 Å². The summed E-state index contributed by atoms with van der Waals surface area (Å²) in [6.45, 7) is 1.19. The molecule has 25 heavy (non-hydrogen) atoms. The fraction of sp³-hybridized carbons (Fsp3) is 0.529. The third-order valence-corrected chi connectivity index (χ3v) is 4.58. The summed E-state index contributed by atoms with van der Waals surface area (Å²) >= 11 is 0. The van der Waals surface area contributed by atoms with Gasteiger partial charge in [0.05, 0.1) is 0 Å². The molecule has 1 aliphatic heterocycles. The summed E-state index contributed by atoms with van der Waals surface area (Å²) in [5.41, 5.74) is 0.872. The maximum atomic E-state index is 12.8. The number of aryl methyl sites for hydroxylation is 2. The molecule has 0 spiro atoms. The van der Waals surface area contributed by atoms with Crippen molar-refractivity contribution in [1.82, 2.24) is 29.4 Å². The van der Waals surface area contributed by atoms with E-state index in [2.05, 4.69) is 10.2 Å². The van der Waals surface area contributed by atoms with Gasteiger partial charge in [-0.15, -0.1) is 0 Å². The molecule has 3 rings (SSSR count). The van der Waals surface area contributed by atoms with Gasteiger partial charge in [0.15, 0.2) is 0 Å². The van der Waals surface area contributed by atoms with Crippen molar-refractivity contribution in [3.05, 3.63) is 35.9 Å². The van der Waals surface area contributed by atoms with Gasteiger partial charge in [-0.25, -0.2) is 0 Å². The maximum absolute atomic E-state index is 12.8. The zero-order valence-electron chi connectivity index (χ0n) is 14.9. The molecule has 1 saturated heterocycles. The largest absolute Gasteiger partial charge is 0.338 e. The van der Waals surface area contributed by atoms with E-state index in [0.29, 0.717) is 24.5 Å². The van der Waals surface area contributed by atoms with Crippen LogP contribution in [0.25, 0.3) is 0 Å². The predicted octanol–water partition coefficient (Wildman–Crippen LogP) is 0.920. The van der Waals surface area contributed by atoms with E-state index < -0.39 is 0 Å². The molecule has 0 bridgehead atoms. The quantitative estimate of drug-likeness (QED) is 0.826. The third-order valence-electron chi connectivity index (χ3n) is 4.58. The summed E-state index contributed by atoms with van der Waals surface area (Å²) in [4.78, 5) is 28.8. The lowest BCUT2D eigenvalue weighted by Gasteiger charge is -2.37. The molecular weight excluding hydrogens is 320 g/mol. The molecule has 1 fully saturated rings. The first-order valence-corrected chi connectivity index (χ1v) is 8.51. The summed E-state index contributed by atoms with van der Waals surface area (Å²) in [5.74, 6) is -0.194. The average Bonchev–Trinajstić information content (AvgIpc) is 3.22. The highest BCUT2D eigenvalue weighted by molar-refractivity contribution is 5.93. The molecule has 1 atom stereocenters. The zero-order valence-corrected chi connectivity index (χ0v) is 14.9. The van der Waals surface area contributed by atoms with E-state index in [-0.39, 0.29) is 17.9 Å². The summed E-state index contributed by atoms with van der Waals surface area (Å²) in [6, 6.07) is 3.44. The second kappa shape index (κ2) is 7.08. The Kier molecular flexibility index (Phi) is 4.87. The molecule has 134 valence electrons. The Labute approximate surface area is 147 Å². The van der Waals surface area contributed by atoms with Crippen molar-refractivity contribution in [3.8, 4) is 0 Å². The Balaban J connectivity index is 1.70. The number of piperidine rings is 1. The molecule has 2 amide bonds. The van der Waals surface area contributed by atoms with E-state index in [1.54, 1.807) is 59.9 Å². The second-order valence-corrected chi connectivity index (χ2v) is 6.58. The molecule has 1 aliphatic rings. The standard InChI is InChI=1S/C17H24N6O2/c1-20(16(24)14-7-10-21(2)18-14)12-13-6-4-5-9-23(13)17(25)15-8-11-22(3)19-15/h7-8,10-11,13H,4-6,9,12H2,1-3H3/t13-/m0/s1. The fourth-order valence-electron chi connectivity index (χ4n) is 3.26. The van der Waals surface area contributed by atoms with E-state index in [4.69, 9.17) is 0 Å². The highest BCUT2D eigenvalue weighted by Crippen LogP contribution is 2.20. The summed E-state index contributed by atoms with van der Waals surface area (Å²) in [7, 11) is 5.34. The molecule has 0 unspecified atom stereocenters. The van der Waals surface area contributed by atoms with Crippen LogP contribution in [-0.2, 0) is 14.1 Å². The molecule has 3 heterocycles. The van der Waals surface area contributed by atoms with Crippen molar-refractivity contribution in [2.24, 2.45) is 14.1 Å². The van der Waals surface area contributed by atoms with Crippen LogP contribution >= 0.6 is 0 Å². The molecule has 2 aromatic heterocycles. The van der Waals surface area contributed by atoms with E-state index >= 15 is 0 Å². The third kappa shape index (κ3) is 3.72. The lowest BCUT2D eigenvalue weighted by atomic mass is 10.0. The summed E-state index contributed by atoms with van der Waals surface area (Å²) < 4.78 is 3.24. The Morgan fingerprint density at radius 3 is 2.36 bits per heavy atom. The number of likely N-dealkylation sites (tertiary alicyclic amines) is 1. The van der Waals surface area contributed by atoms with Crippen molar-refractivity contribution in [2.45, 2.75) is 25.3 Å². The number of carbonyl (C=O) groups excluding carboxylic acids is 2. The van der Waals surface area contributed by atoms with Gasteiger partial charge in [-0.2, -0.15) is 10.2 Å². The van der Waals surface area contributed by atoms with E-state index in [1.165, 1.54) is 0 Å². The first-order valence-electron chi connectivity index (χ1n) is 8.51. The van der Waals surface area contributed by atoms with E-state index in [0.717, 1.165) is 19.3 Å². The molecule has 0 radical (unpaired) electrons. The number of nitrogens with zero attached hydrogens (tertiary/aromatic N) is 6. The molecular formula is C17H24N6O2. The van der Waals surface area contributed by atoms with Crippen molar-refractivity contribution in [2.75, 3.05) is 20.1 Å². The van der Waals surface area contributed by atoms with Crippen LogP contribution < -0.4 is 0 Å². The monoisotopic (exact) mass is 344 g/mol. The van der Waals surface area contributed by atoms with Gasteiger partial charge >= 0.3 is 0 Å². The number of amides is 2. The Morgan fingerprint density at radius 2 is 1.76 bits per heavy atom. The lowest BCUT2D eigenvalue weighted by molar-refractivity contribution is 0.0512. The molecule has 8 nitrogen and oxygen atoms in total. The topological polar surface area (TPSA) is 76.3 Å². The van der Waals surface area contributed by atoms with Crippen molar-refractivity contribution < 1.29 is 9.59 Å². The van der Waals surface area contributed by atoms with Crippen molar-refractivity contribution >= 4 is 11.8 Å². The highest BCUT2D eigenvalue weighted by Gasteiger charge is 2.30. The number of carbonyl (C=O) groups is 2. The van der Waals surface area contributed by atoms with Gasteiger partial charge in [0.25, 0.3) is 11.8 Å². The first kappa shape index (κ1) is 17.2. The van der Waals surface area contributed by atoms with Crippen LogP contribution in [0.1, 0.15) is 40.2 Å². The van der Waals surface area contributed by atoms with Crippen LogP contribution in [0.3, 0.4) is 0 Å². The number of likely N-dealkylation sites (N-methyl/N-ethyl adjacent to an activating group) is 1. The second-order valence-electron chi connectivity index (χ2n) is 6.58. The van der Waals surface area contributed by atoms with Crippen LogP contribution in [0, 0.1) is 0 Å². The van der Waals surface area contributed by atoms with Gasteiger partial charge in [-0.05, 0) is 31.4 Å². The summed E-state index contributed by atoms with van der Waals surface area (Å²) in [5, 5.41) is 8.38. The number of hydrogen-bond acceptors (Lipinski definition) is 4. The number of aromatic nitrogens is 4. The van der Waals surface area contributed by atoms with E-state index in [9.17, 15) is 9.59 Å². The molecule has 0 aromatic carbocycles. The van der Waals surface area contributed by atoms with E-state index in [1.807, 2.05) is 4.90 Å². The lowest BCUT2D eigenvalue weighted by Crippen LogP contribution is -2.50. The smallest absolute Gasteiger partial charge is 0.274 e. The minimum atomic E-state index is -0.128. The molecule has 8 heteroatoms. The Morgan fingerprint density at radius 1 is 1.12 bits per heavy atom. The van der Waals surface area contributed by atoms with Gasteiger partial charge < -0.3 is 9.80 Å². The van der Waals surface area contributed by atoms with Gasteiger partial charge in [-0.3, -0.25) is 19.0 Å². The maximum Gasteiger partial charge on any atom is 0.274 e. The normalized spacial score (nSPS) is 17.6. The minimum absolute atomic E-state index is 0.000850. The SMILES string of the molecule is CN(C[C@@H]1CCCCN1C(=O)c1ccn(C)n1)C(=O)c1ccn(C)n1. The summed E-state index contributed by atoms with van der Waals surface area (Å²) in [6.07, 6.45) is 6.44. The Hall–Kier alpha value is -2.64. The van der Waals surface area contributed by atoms with Gasteiger partial charge in [0, 0.05) is 52.7 Å². The molecule has 2 aromatic rings. The average molecular weight is 344 g/mol.